The minimum atomic E-state index is 0.226. The second-order valence-corrected chi connectivity index (χ2v) is 4.33. The molecule has 1 aliphatic rings. The van der Waals surface area contributed by atoms with Gasteiger partial charge in [0, 0.05) is 19.1 Å². The molecule has 1 fully saturated rings. The molecule has 2 unspecified atom stereocenters. The van der Waals surface area contributed by atoms with Gasteiger partial charge in [-0.15, -0.1) is 0 Å². The van der Waals surface area contributed by atoms with Gasteiger partial charge in [0.2, 0.25) is 0 Å². The van der Waals surface area contributed by atoms with Crippen molar-refractivity contribution < 1.29 is 4.74 Å². The van der Waals surface area contributed by atoms with Crippen LogP contribution in [-0.4, -0.2) is 43.8 Å². The Morgan fingerprint density at radius 2 is 2.29 bits per heavy atom. The first-order valence-corrected chi connectivity index (χ1v) is 5.79. The van der Waals surface area contributed by atoms with Crippen molar-refractivity contribution in [1.82, 2.24) is 4.90 Å². The van der Waals surface area contributed by atoms with Crippen LogP contribution in [0.25, 0.3) is 0 Å². The maximum Gasteiger partial charge on any atom is 0.0853 e. The van der Waals surface area contributed by atoms with Crippen LogP contribution in [0.2, 0.25) is 0 Å². The van der Waals surface area contributed by atoms with E-state index in [1.165, 1.54) is 19.3 Å². The fourth-order valence-electron chi connectivity index (χ4n) is 1.89. The summed E-state index contributed by atoms with van der Waals surface area (Å²) >= 11 is 0. The van der Waals surface area contributed by atoms with E-state index < -0.39 is 0 Å². The first kappa shape index (κ1) is 12.0. The van der Waals surface area contributed by atoms with E-state index in [0.29, 0.717) is 0 Å². The van der Waals surface area contributed by atoms with Crippen LogP contribution in [0.4, 0.5) is 0 Å². The lowest BCUT2D eigenvalue weighted by Gasteiger charge is -2.33. The van der Waals surface area contributed by atoms with E-state index >= 15 is 0 Å². The minimum Gasteiger partial charge on any atom is -0.374 e. The summed E-state index contributed by atoms with van der Waals surface area (Å²) < 4.78 is 5.67. The Morgan fingerprint density at radius 3 is 2.93 bits per heavy atom. The second kappa shape index (κ2) is 6.38. The lowest BCUT2D eigenvalue weighted by atomic mass is 10.0. The van der Waals surface area contributed by atoms with Gasteiger partial charge in [-0.25, -0.2) is 0 Å². The SMILES string of the molecule is CCCCCC(N)C1CN(C)CCO1. The van der Waals surface area contributed by atoms with Gasteiger partial charge in [0.25, 0.3) is 0 Å². The average Bonchev–Trinajstić information content (AvgIpc) is 2.18. The number of nitrogens with two attached hydrogens (primary N) is 1. The molecule has 3 heteroatoms. The fourth-order valence-corrected chi connectivity index (χ4v) is 1.89. The van der Waals surface area contributed by atoms with Gasteiger partial charge in [-0.3, -0.25) is 0 Å². The predicted octanol–water partition coefficient (Wildman–Crippen LogP) is 1.22. The van der Waals surface area contributed by atoms with Crippen LogP contribution in [0.5, 0.6) is 0 Å². The van der Waals surface area contributed by atoms with Gasteiger partial charge in [-0.05, 0) is 13.5 Å². The summed E-state index contributed by atoms with van der Waals surface area (Å²) in [5, 5.41) is 0. The average molecular weight is 200 g/mol. The van der Waals surface area contributed by atoms with Crippen molar-refractivity contribution >= 4 is 0 Å². The molecule has 1 aliphatic heterocycles. The van der Waals surface area contributed by atoms with Crippen molar-refractivity contribution in [2.75, 3.05) is 26.7 Å². The van der Waals surface area contributed by atoms with Crippen LogP contribution in [0.1, 0.15) is 32.6 Å². The third-order valence-electron chi connectivity index (χ3n) is 2.92. The molecule has 2 atom stereocenters. The lowest BCUT2D eigenvalue weighted by Crippen LogP contribution is -2.49. The standard InChI is InChI=1S/C11H24N2O/c1-3-4-5-6-10(12)11-9-13(2)7-8-14-11/h10-11H,3-9,12H2,1-2H3. The number of nitrogens with zero attached hydrogens (tertiary/aromatic N) is 1. The Morgan fingerprint density at radius 1 is 1.50 bits per heavy atom. The zero-order valence-corrected chi connectivity index (χ0v) is 9.54. The number of hydrogen-bond donors (Lipinski definition) is 1. The fraction of sp³-hybridized carbons (Fsp3) is 1.00. The van der Waals surface area contributed by atoms with Gasteiger partial charge in [0.05, 0.1) is 12.7 Å². The zero-order valence-electron chi connectivity index (χ0n) is 9.54. The van der Waals surface area contributed by atoms with E-state index in [1.54, 1.807) is 0 Å². The maximum absolute atomic E-state index is 6.10. The Balaban J connectivity index is 2.18. The summed E-state index contributed by atoms with van der Waals surface area (Å²) in [4.78, 5) is 2.30. The maximum atomic E-state index is 6.10. The van der Waals surface area contributed by atoms with Gasteiger partial charge < -0.3 is 15.4 Å². The lowest BCUT2D eigenvalue weighted by molar-refractivity contribution is -0.0335. The molecule has 1 rings (SSSR count). The molecule has 2 N–H and O–H groups in total. The summed E-state index contributed by atoms with van der Waals surface area (Å²) in [6, 6.07) is 0.226. The molecule has 0 radical (unpaired) electrons. The summed E-state index contributed by atoms with van der Waals surface area (Å²) in [5.41, 5.74) is 6.10. The van der Waals surface area contributed by atoms with Crippen molar-refractivity contribution in [3.8, 4) is 0 Å². The second-order valence-electron chi connectivity index (χ2n) is 4.33. The van der Waals surface area contributed by atoms with Crippen molar-refractivity contribution in [3.63, 3.8) is 0 Å². The predicted molar refractivity (Wildman–Crippen MR) is 59.4 cm³/mol. The Labute approximate surface area is 87.6 Å². The third kappa shape index (κ3) is 3.95. The van der Waals surface area contributed by atoms with Crippen LogP contribution >= 0.6 is 0 Å². The van der Waals surface area contributed by atoms with Crippen LogP contribution in [0, 0.1) is 0 Å². The molecule has 0 aliphatic carbocycles. The normalized spacial score (nSPS) is 26.4. The van der Waals surface area contributed by atoms with E-state index in [0.717, 1.165) is 26.1 Å². The summed E-state index contributed by atoms with van der Waals surface area (Å²) in [6.45, 7) is 5.09. The summed E-state index contributed by atoms with van der Waals surface area (Å²) in [7, 11) is 2.13. The van der Waals surface area contributed by atoms with Crippen LogP contribution in [0.15, 0.2) is 0 Å². The molecule has 1 heterocycles. The van der Waals surface area contributed by atoms with Crippen LogP contribution < -0.4 is 5.73 Å². The van der Waals surface area contributed by atoms with Crippen molar-refractivity contribution in [2.45, 2.75) is 44.8 Å². The van der Waals surface area contributed by atoms with E-state index in [-0.39, 0.29) is 12.1 Å². The van der Waals surface area contributed by atoms with E-state index in [4.69, 9.17) is 10.5 Å². The van der Waals surface area contributed by atoms with Gasteiger partial charge in [-0.2, -0.15) is 0 Å². The highest BCUT2D eigenvalue weighted by Gasteiger charge is 2.23. The molecule has 1 saturated heterocycles. The Hall–Kier alpha value is -0.120. The summed E-state index contributed by atoms with van der Waals surface area (Å²) in [5.74, 6) is 0. The van der Waals surface area contributed by atoms with Crippen LogP contribution in [0.3, 0.4) is 0 Å². The number of likely N-dealkylation sites (N-methyl/N-ethyl adjacent to an activating group) is 1. The molecular formula is C11H24N2O. The Kier molecular flexibility index (Phi) is 5.45. The van der Waals surface area contributed by atoms with Gasteiger partial charge in [0.1, 0.15) is 0 Å². The smallest absolute Gasteiger partial charge is 0.0853 e. The molecule has 0 spiro atoms. The number of ether oxygens (including phenoxy) is 1. The molecule has 0 aromatic heterocycles. The highest BCUT2D eigenvalue weighted by molar-refractivity contribution is 4.79. The van der Waals surface area contributed by atoms with E-state index in [1.807, 2.05) is 0 Å². The largest absolute Gasteiger partial charge is 0.374 e. The summed E-state index contributed by atoms with van der Waals surface area (Å²) in [6.07, 6.45) is 5.15. The topological polar surface area (TPSA) is 38.5 Å². The number of rotatable bonds is 5. The third-order valence-corrected chi connectivity index (χ3v) is 2.92. The van der Waals surface area contributed by atoms with E-state index in [9.17, 15) is 0 Å². The van der Waals surface area contributed by atoms with Gasteiger partial charge in [-0.1, -0.05) is 26.2 Å². The van der Waals surface area contributed by atoms with Crippen molar-refractivity contribution in [3.05, 3.63) is 0 Å². The molecule has 0 amide bonds. The molecule has 0 saturated carbocycles. The monoisotopic (exact) mass is 200 g/mol. The molecule has 3 nitrogen and oxygen atoms in total. The molecule has 0 aromatic rings. The quantitative estimate of drug-likeness (QED) is 0.678. The van der Waals surface area contributed by atoms with Gasteiger partial charge >= 0.3 is 0 Å². The molecule has 0 aromatic carbocycles. The minimum absolute atomic E-state index is 0.226. The first-order chi connectivity index (χ1) is 6.74. The van der Waals surface area contributed by atoms with Crippen LogP contribution in [-0.2, 0) is 4.74 Å². The molecule has 0 bridgehead atoms. The van der Waals surface area contributed by atoms with E-state index in [2.05, 4.69) is 18.9 Å². The number of unbranched alkanes of at least 4 members (excludes halogenated alkanes) is 2. The highest BCUT2D eigenvalue weighted by Crippen LogP contribution is 2.11. The van der Waals surface area contributed by atoms with Gasteiger partial charge in [0.15, 0.2) is 0 Å². The van der Waals surface area contributed by atoms with Crippen molar-refractivity contribution in [1.29, 1.82) is 0 Å². The molecule has 14 heavy (non-hydrogen) atoms. The Bertz CT molecular complexity index is 152. The molecule has 84 valence electrons. The molecular weight excluding hydrogens is 176 g/mol. The number of morpholine rings is 1. The zero-order chi connectivity index (χ0) is 10.4. The first-order valence-electron chi connectivity index (χ1n) is 5.79. The van der Waals surface area contributed by atoms with Crippen molar-refractivity contribution in [2.24, 2.45) is 5.73 Å². The highest BCUT2D eigenvalue weighted by atomic mass is 16.5. The number of hydrogen-bond acceptors (Lipinski definition) is 3.